The second kappa shape index (κ2) is 6.78. The third-order valence-corrected chi connectivity index (χ3v) is 3.78. The van der Waals surface area contributed by atoms with Crippen molar-refractivity contribution in [2.75, 3.05) is 24.6 Å². The van der Waals surface area contributed by atoms with Gasteiger partial charge >= 0.3 is 0 Å². The van der Waals surface area contributed by atoms with Crippen molar-refractivity contribution in [2.24, 2.45) is 11.7 Å². The molecule has 92 valence electrons. The molecule has 1 aliphatic heterocycles. The zero-order chi connectivity index (χ0) is 12.0. The Morgan fingerprint density at radius 2 is 2.06 bits per heavy atom. The van der Waals surface area contributed by atoms with Crippen LogP contribution in [0.5, 0.6) is 0 Å². The summed E-state index contributed by atoms with van der Waals surface area (Å²) >= 11 is 1.30. The van der Waals surface area contributed by atoms with Crippen LogP contribution < -0.4 is 5.73 Å². The maximum absolute atomic E-state index is 11.8. The third-order valence-electron chi connectivity index (χ3n) is 2.84. The van der Waals surface area contributed by atoms with Gasteiger partial charge < -0.3 is 10.6 Å². The second-order valence-electron chi connectivity index (χ2n) is 4.38. The first-order valence-electron chi connectivity index (χ1n) is 5.73. The van der Waals surface area contributed by atoms with Gasteiger partial charge in [-0.25, -0.2) is 0 Å². The zero-order valence-electron chi connectivity index (χ0n) is 9.78. The van der Waals surface area contributed by atoms with Gasteiger partial charge in [-0.05, 0) is 25.2 Å². The van der Waals surface area contributed by atoms with Gasteiger partial charge in [-0.3, -0.25) is 9.59 Å². The van der Waals surface area contributed by atoms with E-state index in [9.17, 15) is 9.59 Å². The Labute approximate surface area is 101 Å². The highest BCUT2D eigenvalue weighted by Crippen LogP contribution is 2.17. The third kappa shape index (κ3) is 4.88. The van der Waals surface area contributed by atoms with E-state index in [1.54, 1.807) is 0 Å². The monoisotopic (exact) mass is 244 g/mol. The average Bonchev–Trinajstić information content (AvgIpc) is 2.42. The first kappa shape index (κ1) is 13.4. The van der Waals surface area contributed by atoms with Crippen molar-refractivity contribution in [1.29, 1.82) is 0 Å². The number of nitrogens with two attached hydrogens (primary N) is 1. The summed E-state index contributed by atoms with van der Waals surface area (Å²) in [6, 6.07) is 0. The molecule has 1 fully saturated rings. The van der Waals surface area contributed by atoms with Crippen LogP contribution in [0.3, 0.4) is 0 Å². The molecule has 0 aromatic heterocycles. The second-order valence-corrected chi connectivity index (χ2v) is 5.36. The van der Waals surface area contributed by atoms with Gasteiger partial charge in [-0.15, -0.1) is 11.8 Å². The Balaban J connectivity index is 2.27. The van der Waals surface area contributed by atoms with Crippen LogP contribution in [-0.2, 0) is 9.59 Å². The Kier molecular flexibility index (Phi) is 5.66. The van der Waals surface area contributed by atoms with Crippen molar-refractivity contribution in [1.82, 2.24) is 4.90 Å². The molecule has 0 spiro atoms. The van der Waals surface area contributed by atoms with Gasteiger partial charge in [0, 0.05) is 13.1 Å². The molecule has 0 bridgehead atoms. The summed E-state index contributed by atoms with van der Waals surface area (Å²) in [5, 5.41) is 0. The Hall–Kier alpha value is -0.710. The molecular formula is C11H20N2O2S. The van der Waals surface area contributed by atoms with Gasteiger partial charge in [0.05, 0.1) is 11.5 Å². The molecule has 1 heterocycles. The standard InChI is InChI=1S/C11H20N2O2S/c1-9-3-2-5-13(6-4-9)11(15)8-16-7-10(12)14/h9H,2-8H2,1H3,(H2,12,14). The number of rotatable bonds is 4. The first-order valence-corrected chi connectivity index (χ1v) is 6.89. The van der Waals surface area contributed by atoms with Crippen LogP contribution in [-0.4, -0.2) is 41.3 Å². The Morgan fingerprint density at radius 3 is 2.75 bits per heavy atom. The molecular weight excluding hydrogens is 224 g/mol. The van der Waals surface area contributed by atoms with Crippen molar-refractivity contribution in [2.45, 2.75) is 26.2 Å². The largest absolute Gasteiger partial charge is 0.369 e. The summed E-state index contributed by atoms with van der Waals surface area (Å²) in [7, 11) is 0. The smallest absolute Gasteiger partial charge is 0.232 e. The zero-order valence-corrected chi connectivity index (χ0v) is 10.6. The van der Waals surface area contributed by atoms with E-state index in [0.29, 0.717) is 5.75 Å². The number of amides is 2. The number of hydrogen-bond donors (Lipinski definition) is 1. The quantitative estimate of drug-likeness (QED) is 0.797. The fourth-order valence-corrected chi connectivity index (χ4v) is 2.50. The number of nitrogens with zero attached hydrogens (tertiary/aromatic N) is 1. The molecule has 0 radical (unpaired) electrons. The molecule has 2 N–H and O–H groups in total. The predicted octanol–water partition coefficient (Wildman–Crippen LogP) is 0.854. The van der Waals surface area contributed by atoms with E-state index in [1.807, 2.05) is 4.90 Å². The molecule has 16 heavy (non-hydrogen) atoms. The lowest BCUT2D eigenvalue weighted by Crippen LogP contribution is -2.33. The molecule has 0 aromatic rings. The van der Waals surface area contributed by atoms with Crippen LogP contribution in [0.4, 0.5) is 0 Å². The number of thioether (sulfide) groups is 1. The molecule has 1 saturated heterocycles. The van der Waals surface area contributed by atoms with Gasteiger partial charge in [0.2, 0.25) is 11.8 Å². The number of hydrogen-bond acceptors (Lipinski definition) is 3. The number of primary amides is 1. The van der Waals surface area contributed by atoms with Crippen molar-refractivity contribution >= 4 is 23.6 Å². The lowest BCUT2D eigenvalue weighted by Gasteiger charge is -2.20. The summed E-state index contributed by atoms with van der Waals surface area (Å²) < 4.78 is 0. The van der Waals surface area contributed by atoms with E-state index >= 15 is 0 Å². The fraction of sp³-hybridized carbons (Fsp3) is 0.818. The highest BCUT2D eigenvalue weighted by molar-refractivity contribution is 8.00. The molecule has 2 amide bonds. The number of carbonyl (C=O) groups is 2. The van der Waals surface area contributed by atoms with Crippen molar-refractivity contribution in [3.8, 4) is 0 Å². The van der Waals surface area contributed by atoms with E-state index in [0.717, 1.165) is 31.8 Å². The maximum Gasteiger partial charge on any atom is 0.232 e. The average molecular weight is 244 g/mol. The first-order chi connectivity index (χ1) is 7.59. The summed E-state index contributed by atoms with van der Waals surface area (Å²) in [4.78, 5) is 24.2. The van der Waals surface area contributed by atoms with E-state index in [1.165, 1.54) is 18.2 Å². The predicted molar refractivity (Wildman–Crippen MR) is 66.1 cm³/mol. The SMILES string of the molecule is CC1CCCN(C(=O)CSCC(N)=O)CC1. The molecule has 0 saturated carbocycles. The van der Waals surface area contributed by atoms with Gasteiger partial charge in [-0.2, -0.15) is 0 Å². The molecule has 1 atom stereocenters. The van der Waals surface area contributed by atoms with Crippen LogP contribution in [0.15, 0.2) is 0 Å². The summed E-state index contributed by atoms with van der Waals surface area (Å²) in [6.07, 6.45) is 3.39. The van der Waals surface area contributed by atoms with Gasteiger partial charge in [0.25, 0.3) is 0 Å². The van der Waals surface area contributed by atoms with Crippen molar-refractivity contribution < 1.29 is 9.59 Å². The van der Waals surface area contributed by atoms with Gasteiger partial charge in [-0.1, -0.05) is 6.92 Å². The van der Waals surface area contributed by atoms with Crippen LogP contribution >= 0.6 is 11.8 Å². The van der Waals surface area contributed by atoms with Crippen LogP contribution in [0.1, 0.15) is 26.2 Å². The molecule has 4 nitrogen and oxygen atoms in total. The molecule has 1 unspecified atom stereocenters. The van der Waals surface area contributed by atoms with Crippen LogP contribution in [0, 0.1) is 5.92 Å². The van der Waals surface area contributed by atoms with Crippen LogP contribution in [0.2, 0.25) is 0 Å². The highest BCUT2D eigenvalue weighted by Gasteiger charge is 2.18. The molecule has 1 rings (SSSR count). The maximum atomic E-state index is 11.8. The molecule has 0 aromatic carbocycles. The Bertz CT molecular complexity index is 258. The van der Waals surface area contributed by atoms with E-state index < -0.39 is 0 Å². The lowest BCUT2D eigenvalue weighted by atomic mass is 10.0. The number of carbonyl (C=O) groups excluding carboxylic acids is 2. The van der Waals surface area contributed by atoms with E-state index in [2.05, 4.69) is 6.92 Å². The van der Waals surface area contributed by atoms with E-state index in [-0.39, 0.29) is 17.6 Å². The fourth-order valence-electron chi connectivity index (χ4n) is 1.84. The molecule has 1 aliphatic rings. The number of likely N-dealkylation sites (tertiary alicyclic amines) is 1. The van der Waals surface area contributed by atoms with Gasteiger partial charge in [0.15, 0.2) is 0 Å². The summed E-state index contributed by atoms with van der Waals surface area (Å²) in [5.74, 6) is 1.10. The van der Waals surface area contributed by atoms with Crippen molar-refractivity contribution in [3.63, 3.8) is 0 Å². The minimum atomic E-state index is -0.359. The highest BCUT2D eigenvalue weighted by atomic mass is 32.2. The summed E-state index contributed by atoms with van der Waals surface area (Å²) in [6.45, 7) is 3.95. The van der Waals surface area contributed by atoms with Crippen molar-refractivity contribution in [3.05, 3.63) is 0 Å². The normalized spacial score (nSPS) is 21.6. The van der Waals surface area contributed by atoms with E-state index in [4.69, 9.17) is 5.73 Å². The lowest BCUT2D eigenvalue weighted by molar-refractivity contribution is -0.128. The molecule has 0 aliphatic carbocycles. The van der Waals surface area contributed by atoms with Gasteiger partial charge in [0.1, 0.15) is 0 Å². The molecule has 5 heteroatoms. The summed E-state index contributed by atoms with van der Waals surface area (Å²) in [5.41, 5.74) is 5.02. The van der Waals surface area contributed by atoms with Crippen LogP contribution in [0.25, 0.3) is 0 Å². The minimum Gasteiger partial charge on any atom is -0.369 e. The Morgan fingerprint density at radius 1 is 1.31 bits per heavy atom. The minimum absolute atomic E-state index is 0.139. The topological polar surface area (TPSA) is 63.4 Å².